The third-order valence-corrected chi connectivity index (χ3v) is 5.39. The second-order valence-corrected chi connectivity index (χ2v) is 7.26. The third kappa shape index (κ3) is 7.69. The van der Waals surface area contributed by atoms with Crippen LogP contribution in [0.2, 0.25) is 0 Å². The summed E-state index contributed by atoms with van der Waals surface area (Å²) in [6, 6.07) is 13.7. The fourth-order valence-electron chi connectivity index (χ4n) is 2.20. The zero-order valence-electron chi connectivity index (χ0n) is 16.3. The van der Waals surface area contributed by atoms with Crippen LogP contribution in [0.15, 0.2) is 59.6 Å². The van der Waals surface area contributed by atoms with Crippen molar-refractivity contribution in [2.45, 2.75) is 20.4 Å². The van der Waals surface area contributed by atoms with E-state index in [4.69, 9.17) is 4.74 Å². The third-order valence-electron chi connectivity index (χ3n) is 3.60. The predicted octanol–water partition coefficient (Wildman–Crippen LogP) is 5.36. The van der Waals surface area contributed by atoms with E-state index in [1.807, 2.05) is 66.9 Å². The molecule has 2 aromatic carbocycles. The first-order valence-electron chi connectivity index (χ1n) is 8.50. The Bertz CT molecular complexity index is 735. The number of benzene rings is 2. The van der Waals surface area contributed by atoms with Gasteiger partial charge in [0.25, 0.3) is 0 Å². The number of halogens is 1. The van der Waals surface area contributed by atoms with E-state index in [-0.39, 0.29) is 5.91 Å². The van der Waals surface area contributed by atoms with E-state index in [1.165, 1.54) is 11.9 Å². The smallest absolute Gasteiger partial charge is 0.240 e. The van der Waals surface area contributed by atoms with Gasteiger partial charge in [-0.3, -0.25) is 4.79 Å². The Balaban J connectivity index is 0.00000114. The number of carbonyl (C=O) groups is 1. The Labute approximate surface area is 175 Å². The van der Waals surface area contributed by atoms with Crippen molar-refractivity contribution in [1.82, 2.24) is 5.32 Å². The number of amides is 1. The van der Waals surface area contributed by atoms with E-state index >= 15 is 0 Å². The van der Waals surface area contributed by atoms with Crippen LogP contribution in [-0.2, 0) is 11.3 Å². The van der Waals surface area contributed by atoms with E-state index in [1.54, 1.807) is 13.2 Å². The van der Waals surface area contributed by atoms with Crippen molar-refractivity contribution >= 4 is 39.5 Å². The Morgan fingerprint density at radius 2 is 1.93 bits per heavy atom. The van der Waals surface area contributed by atoms with Crippen LogP contribution in [0.1, 0.15) is 18.1 Å². The molecule has 27 heavy (non-hydrogen) atoms. The van der Waals surface area contributed by atoms with Gasteiger partial charge < -0.3 is 14.4 Å². The van der Waals surface area contributed by atoms with Gasteiger partial charge in [0.1, 0.15) is 12.3 Å². The van der Waals surface area contributed by atoms with Crippen molar-refractivity contribution < 1.29 is 9.53 Å². The lowest BCUT2D eigenvalue weighted by Gasteiger charge is -2.23. The lowest BCUT2D eigenvalue weighted by molar-refractivity contribution is -0.119. The van der Waals surface area contributed by atoms with E-state index in [0.29, 0.717) is 13.1 Å². The molecule has 4 nitrogen and oxygen atoms in total. The normalized spacial score (nSPS) is 9.67. The summed E-state index contributed by atoms with van der Waals surface area (Å²) in [6.07, 6.45) is 3.71. The van der Waals surface area contributed by atoms with Crippen LogP contribution in [0.25, 0.3) is 0 Å². The lowest BCUT2D eigenvalue weighted by Crippen LogP contribution is -2.33. The number of rotatable bonds is 7. The molecule has 6 heteroatoms. The number of nitrogens with one attached hydrogen (secondary N) is 1. The highest BCUT2D eigenvalue weighted by Crippen LogP contribution is 2.32. The molecule has 0 radical (unpaired) electrons. The van der Waals surface area contributed by atoms with Crippen molar-refractivity contribution in [2.24, 2.45) is 0 Å². The number of hydrogen-bond donors (Lipinski definition) is 1. The van der Waals surface area contributed by atoms with Gasteiger partial charge >= 0.3 is 0 Å². The minimum Gasteiger partial charge on any atom is -0.497 e. The average Bonchev–Trinajstić information content (AvgIpc) is 2.68. The molecular formula is C21H27BrN2O2S. The number of methoxy groups -OCH3 is 1. The van der Waals surface area contributed by atoms with Gasteiger partial charge in [0.05, 0.1) is 12.8 Å². The fourth-order valence-corrected chi connectivity index (χ4v) is 3.39. The molecule has 1 amide bonds. The summed E-state index contributed by atoms with van der Waals surface area (Å²) in [7, 11) is 1.64. The number of ether oxygens (including phenoxy) is 1. The topological polar surface area (TPSA) is 41.6 Å². The lowest BCUT2D eigenvalue weighted by atomic mass is 10.2. The molecule has 0 saturated heterocycles. The number of aryl methyl sites for hydroxylation is 1. The number of allylic oxidation sites excluding steroid dienone is 1. The molecule has 0 unspecified atom stereocenters. The maximum absolute atomic E-state index is 12.3. The molecule has 0 aliphatic carbocycles. The van der Waals surface area contributed by atoms with Crippen molar-refractivity contribution in [3.05, 3.63) is 70.7 Å². The first-order valence-corrected chi connectivity index (χ1v) is 10.5. The first kappa shape index (κ1) is 23.1. The Hall–Kier alpha value is -1.92. The van der Waals surface area contributed by atoms with Crippen LogP contribution < -0.4 is 14.4 Å². The van der Waals surface area contributed by atoms with E-state index < -0.39 is 0 Å². The molecule has 0 bridgehead atoms. The molecular weight excluding hydrogens is 424 g/mol. The number of anilines is 1. The Morgan fingerprint density at radius 3 is 2.48 bits per heavy atom. The first-order chi connectivity index (χ1) is 13.0. The SMILES string of the molecule is C=CC.COc1ccc(CNC(=O)CN(SC)c2cccc(C)c2Br)cc1. The van der Waals surface area contributed by atoms with Gasteiger partial charge in [0.15, 0.2) is 0 Å². The highest BCUT2D eigenvalue weighted by atomic mass is 79.9. The second-order valence-electron chi connectivity index (χ2n) is 5.66. The van der Waals surface area contributed by atoms with Gasteiger partial charge in [-0.2, -0.15) is 0 Å². The average molecular weight is 451 g/mol. The van der Waals surface area contributed by atoms with Crippen LogP contribution in [0.5, 0.6) is 5.75 Å². The highest BCUT2D eigenvalue weighted by Gasteiger charge is 2.14. The molecule has 0 saturated carbocycles. The van der Waals surface area contributed by atoms with Gasteiger partial charge in [0, 0.05) is 17.3 Å². The number of nitrogens with zero attached hydrogens (tertiary/aromatic N) is 1. The molecule has 0 aromatic heterocycles. The molecule has 0 spiro atoms. The van der Waals surface area contributed by atoms with Crippen molar-refractivity contribution in [3.8, 4) is 5.75 Å². The molecule has 1 N–H and O–H groups in total. The summed E-state index contributed by atoms with van der Waals surface area (Å²) in [4.78, 5) is 12.3. The number of hydrogen-bond acceptors (Lipinski definition) is 4. The van der Waals surface area contributed by atoms with Crippen LogP contribution in [0.3, 0.4) is 0 Å². The minimum absolute atomic E-state index is 0.0198. The highest BCUT2D eigenvalue weighted by molar-refractivity contribution is 9.10. The molecule has 0 atom stereocenters. The summed E-state index contributed by atoms with van der Waals surface area (Å²) in [6.45, 7) is 8.08. The van der Waals surface area contributed by atoms with Crippen molar-refractivity contribution in [1.29, 1.82) is 0 Å². The quantitative estimate of drug-likeness (QED) is 0.455. The van der Waals surface area contributed by atoms with Gasteiger partial charge in [-0.05, 0) is 59.1 Å². The molecule has 0 fully saturated rings. The molecule has 146 valence electrons. The molecule has 2 aromatic rings. The van der Waals surface area contributed by atoms with Gasteiger partial charge in [-0.1, -0.05) is 42.3 Å². The number of carbonyl (C=O) groups excluding carboxylic acids is 1. The summed E-state index contributed by atoms with van der Waals surface area (Å²) < 4.78 is 8.12. The van der Waals surface area contributed by atoms with Gasteiger partial charge in [-0.15, -0.1) is 6.58 Å². The molecule has 2 rings (SSSR count). The van der Waals surface area contributed by atoms with Crippen LogP contribution in [0.4, 0.5) is 5.69 Å². The maximum Gasteiger partial charge on any atom is 0.240 e. The van der Waals surface area contributed by atoms with Crippen LogP contribution in [-0.4, -0.2) is 25.8 Å². The van der Waals surface area contributed by atoms with E-state index in [9.17, 15) is 4.79 Å². The largest absolute Gasteiger partial charge is 0.497 e. The molecule has 0 aliphatic heterocycles. The zero-order valence-corrected chi connectivity index (χ0v) is 18.7. The van der Waals surface area contributed by atoms with Gasteiger partial charge in [0.2, 0.25) is 5.91 Å². The van der Waals surface area contributed by atoms with Gasteiger partial charge in [-0.25, -0.2) is 0 Å². The van der Waals surface area contributed by atoms with E-state index in [2.05, 4.69) is 27.8 Å². The Kier molecular flexibility index (Phi) is 10.7. The standard InChI is InChI=1S/C18H21BrN2O2S.C3H6/c1-13-5-4-6-16(18(13)19)21(24-3)12-17(22)20-11-14-7-9-15(23-2)10-8-14;1-3-2/h4-10H,11-12H2,1-3H3,(H,20,22);3H,1H2,2H3. The van der Waals surface area contributed by atoms with Crippen molar-refractivity contribution in [2.75, 3.05) is 24.2 Å². The van der Waals surface area contributed by atoms with Crippen LogP contribution >= 0.6 is 27.9 Å². The summed E-state index contributed by atoms with van der Waals surface area (Å²) in [5, 5.41) is 2.95. The van der Waals surface area contributed by atoms with Crippen molar-refractivity contribution in [3.63, 3.8) is 0 Å². The molecule has 0 aliphatic rings. The predicted molar refractivity (Wildman–Crippen MR) is 120 cm³/mol. The Morgan fingerprint density at radius 1 is 1.30 bits per heavy atom. The van der Waals surface area contributed by atoms with Crippen LogP contribution in [0, 0.1) is 6.92 Å². The zero-order chi connectivity index (χ0) is 20.2. The summed E-state index contributed by atoms with van der Waals surface area (Å²) >= 11 is 5.13. The van der Waals surface area contributed by atoms with E-state index in [0.717, 1.165) is 27.0 Å². The minimum atomic E-state index is -0.0198. The molecule has 0 heterocycles. The monoisotopic (exact) mass is 450 g/mol. The maximum atomic E-state index is 12.3. The second kappa shape index (κ2) is 12.5. The fraction of sp³-hybridized carbons (Fsp3) is 0.286. The summed E-state index contributed by atoms with van der Waals surface area (Å²) in [5.74, 6) is 0.788. The summed E-state index contributed by atoms with van der Waals surface area (Å²) in [5.41, 5.74) is 3.18.